The number of aliphatic hydroxyl groups is 1. The molecule has 0 saturated carbocycles. The average Bonchev–Trinajstić information content (AvgIpc) is 2.34. The molecule has 0 radical (unpaired) electrons. The number of halogens is 2. The van der Waals surface area contributed by atoms with Crippen LogP contribution in [-0.4, -0.2) is 10.1 Å². The van der Waals surface area contributed by atoms with Gasteiger partial charge in [-0.25, -0.2) is 9.37 Å². The number of nitrogens with zero attached hydrogens (tertiary/aromatic N) is 1. The van der Waals surface area contributed by atoms with E-state index in [-0.39, 0.29) is 5.82 Å². The summed E-state index contributed by atoms with van der Waals surface area (Å²) in [6, 6.07) is 7.50. The van der Waals surface area contributed by atoms with E-state index in [0.717, 1.165) is 0 Å². The van der Waals surface area contributed by atoms with Crippen LogP contribution in [0, 0.1) is 5.82 Å². The van der Waals surface area contributed by atoms with Crippen molar-refractivity contribution in [3.8, 4) is 11.6 Å². The predicted octanol–water partition coefficient (Wildman–Crippen LogP) is 3.83. The van der Waals surface area contributed by atoms with Gasteiger partial charge in [0.2, 0.25) is 5.88 Å². The number of ether oxygens (including phenoxy) is 1. The number of aliphatic hydroxyl groups excluding tert-OH is 1. The number of benzene rings is 1. The van der Waals surface area contributed by atoms with Gasteiger partial charge < -0.3 is 9.84 Å². The summed E-state index contributed by atoms with van der Waals surface area (Å²) < 4.78 is 19.2. The molecule has 0 aliphatic heterocycles. The van der Waals surface area contributed by atoms with Crippen LogP contribution in [0.2, 0.25) is 0 Å². The fourth-order valence-electron chi connectivity index (χ4n) is 1.37. The third-order valence-corrected chi connectivity index (χ3v) is 3.00. The van der Waals surface area contributed by atoms with E-state index in [2.05, 4.69) is 20.9 Å². The lowest BCUT2D eigenvalue weighted by atomic mass is 10.2. The average molecular weight is 312 g/mol. The van der Waals surface area contributed by atoms with E-state index in [9.17, 15) is 9.50 Å². The summed E-state index contributed by atoms with van der Waals surface area (Å²) in [5.74, 6) is 0.312. The van der Waals surface area contributed by atoms with E-state index in [1.165, 1.54) is 18.3 Å². The van der Waals surface area contributed by atoms with Crippen molar-refractivity contribution in [2.45, 2.75) is 13.0 Å². The van der Waals surface area contributed by atoms with Gasteiger partial charge in [0.25, 0.3) is 0 Å². The van der Waals surface area contributed by atoms with Gasteiger partial charge in [0.15, 0.2) is 0 Å². The minimum atomic E-state index is -0.576. The number of pyridine rings is 1. The highest BCUT2D eigenvalue weighted by Crippen LogP contribution is 2.29. The summed E-state index contributed by atoms with van der Waals surface area (Å²) in [4.78, 5) is 4.04. The minimum absolute atomic E-state index is 0.339. The van der Waals surface area contributed by atoms with Crippen molar-refractivity contribution >= 4 is 15.9 Å². The van der Waals surface area contributed by atoms with Gasteiger partial charge in [-0.2, -0.15) is 0 Å². The number of rotatable bonds is 3. The first-order valence-electron chi connectivity index (χ1n) is 5.33. The maximum atomic E-state index is 13.1. The Labute approximate surface area is 112 Å². The van der Waals surface area contributed by atoms with E-state index in [1.54, 1.807) is 25.1 Å². The zero-order valence-electron chi connectivity index (χ0n) is 9.60. The van der Waals surface area contributed by atoms with Crippen LogP contribution in [-0.2, 0) is 0 Å². The lowest BCUT2D eigenvalue weighted by Crippen LogP contribution is -1.94. The van der Waals surface area contributed by atoms with Crippen molar-refractivity contribution in [2.24, 2.45) is 0 Å². The molecule has 0 spiro atoms. The molecule has 1 aromatic heterocycles. The van der Waals surface area contributed by atoms with Crippen molar-refractivity contribution in [2.75, 3.05) is 0 Å². The van der Waals surface area contributed by atoms with E-state index >= 15 is 0 Å². The van der Waals surface area contributed by atoms with Gasteiger partial charge in [0, 0.05) is 18.3 Å². The van der Waals surface area contributed by atoms with Crippen LogP contribution in [0.15, 0.2) is 41.0 Å². The number of aromatic nitrogens is 1. The van der Waals surface area contributed by atoms with Gasteiger partial charge in [-0.05, 0) is 46.6 Å². The Morgan fingerprint density at radius 3 is 2.72 bits per heavy atom. The molecule has 0 bridgehead atoms. The molecule has 0 saturated heterocycles. The molecular formula is C13H11BrFNO2. The van der Waals surface area contributed by atoms with E-state index < -0.39 is 6.10 Å². The van der Waals surface area contributed by atoms with Crippen molar-refractivity contribution in [1.82, 2.24) is 4.98 Å². The second-order valence-electron chi connectivity index (χ2n) is 3.78. The first-order chi connectivity index (χ1) is 8.56. The van der Waals surface area contributed by atoms with E-state index in [0.29, 0.717) is 21.7 Å². The van der Waals surface area contributed by atoms with Gasteiger partial charge >= 0.3 is 0 Å². The topological polar surface area (TPSA) is 42.4 Å². The summed E-state index contributed by atoms with van der Waals surface area (Å²) in [5, 5.41) is 9.35. The molecule has 3 nitrogen and oxygen atoms in total. The van der Waals surface area contributed by atoms with Gasteiger partial charge in [0.1, 0.15) is 11.6 Å². The standard InChI is InChI=1S/C13H11BrFNO2/c1-8(17)9-2-5-13(16-7-9)18-12-6-10(15)3-4-11(12)14/h2-8,17H,1H3. The Hall–Kier alpha value is -1.46. The molecule has 2 aromatic rings. The van der Waals surface area contributed by atoms with Crippen LogP contribution >= 0.6 is 15.9 Å². The zero-order valence-corrected chi connectivity index (χ0v) is 11.2. The SMILES string of the molecule is CC(O)c1ccc(Oc2cc(F)ccc2Br)nc1. The zero-order chi connectivity index (χ0) is 13.1. The van der Waals surface area contributed by atoms with Gasteiger partial charge in [-0.3, -0.25) is 0 Å². The molecule has 0 amide bonds. The highest BCUT2D eigenvalue weighted by atomic mass is 79.9. The lowest BCUT2D eigenvalue weighted by molar-refractivity contribution is 0.198. The van der Waals surface area contributed by atoms with Crippen LogP contribution < -0.4 is 4.74 Å². The molecule has 1 atom stereocenters. The quantitative estimate of drug-likeness (QED) is 0.936. The largest absolute Gasteiger partial charge is 0.438 e. The van der Waals surface area contributed by atoms with Crippen molar-refractivity contribution in [1.29, 1.82) is 0 Å². The van der Waals surface area contributed by atoms with E-state index in [4.69, 9.17) is 4.74 Å². The molecule has 0 fully saturated rings. The third kappa shape index (κ3) is 3.05. The molecule has 18 heavy (non-hydrogen) atoms. The minimum Gasteiger partial charge on any atom is -0.438 e. The monoisotopic (exact) mass is 311 g/mol. The maximum Gasteiger partial charge on any atom is 0.219 e. The first kappa shape index (κ1) is 13.0. The molecule has 0 aliphatic carbocycles. The Morgan fingerprint density at radius 2 is 2.11 bits per heavy atom. The summed E-state index contributed by atoms with van der Waals surface area (Å²) in [5.41, 5.74) is 0.695. The highest BCUT2D eigenvalue weighted by molar-refractivity contribution is 9.10. The van der Waals surface area contributed by atoms with Crippen molar-refractivity contribution in [3.05, 3.63) is 52.4 Å². The molecule has 1 unspecified atom stereocenters. The predicted molar refractivity (Wildman–Crippen MR) is 69.0 cm³/mol. The molecule has 1 heterocycles. The lowest BCUT2D eigenvalue weighted by Gasteiger charge is -2.08. The molecule has 5 heteroatoms. The summed E-state index contributed by atoms with van der Waals surface area (Å²) in [6.45, 7) is 1.65. The smallest absolute Gasteiger partial charge is 0.219 e. The third-order valence-electron chi connectivity index (χ3n) is 2.35. The summed E-state index contributed by atoms with van der Waals surface area (Å²) in [6.07, 6.45) is 0.945. The molecule has 2 rings (SSSR count). The number of hydrogen-bond acceptors (Lipinski definition) is 3. The van der Waals surface area contributed by atoms with Crippen LogP contribution in [0.5, 0.6) is 11.6 Å². The molecule has 94 valence electrons. The van der Waals surface area contributed by atoms with Gasteiger partial charge in [-0.15, -0.1) is 0 Å². The fraction of sp³-hybridized carbons (Fsp3) is 0.154. The Bertz CT molecular complexity index is 543. The fourth-order valence-corrected chi connectivity index (χ4v) is 1.69. The number of hydrogen-bond donors (Lipinski definition) is 1. The molecule has 1 aromatic carbocycles. The van der Waals surface area contributed by atoms with Crippen LogP contribution in [0.1, 0.15) is 18.6 Å². The second kappa shape index (κ2) is 5.46. The van der Waals surface area contributed by atoms with Crippen molar-refractivity contribution in [3.63, 3.8) is 0 Å². The molecular weight excluding hydrogens is 301 g/mol. The van der Waals surface area contributed by atoms with E-state index in [1.807, 2.05) is 0 Å². The Morgan fingerprint density at radius 1 is 1.33 bits per heavy atom. The summed E-state index contributed by atoms with van der Waals surface area (Å²) >= 11 is 3.27. The Balaban J connectivity index is 2.21. The maximum absolute atomic E-state index is 13.1. The second-order valence-corrected chi connectivity index (χ2v) is 4.64. The summed E-state index contributed by atoms with van der Waals surface area (Å²) in [7, 11) is 0. The first-order valence-corrected chi connectivity index (χ1v) is 6.12. The highest BCUT2D eigenvalue weighted by Gasteiger charge is 2.06. The molecule has 0 aliphatic rings. The van der Waals surface area contributed by atoms with Crippen LogP contribution in [0.25, 0.3) is 0 Å². The van der Waals surface area contributed by atoms with Crippen LogP contribution in [0.3, 0.4) is 0 Å². The van der Waals surface area contributed by atoms with Gasteiger partial charge in [-0.1, -0.05) is 0 Å². The van der Waals surface area contributed by atoms with Crippen LogP contribution in [0.4, 0.5) is 4.39 Å². The normalized spacial score (nSPS) is 12.2. The van der Waals surface area contributed by atoms with Gasteiger partial charge in [0.05, 0.1) is 10.6 Å². The van der Waals surface area contributed by atoms with Crippen molar-refractivity contribution < 1.29 is 14.2 Å². The Kier molecular flexibility index (Phi) is 3.93. The molecule has 1 N–H and O–H groups in total.